The van der Waals surface area contributed by atoms with Crippen molar-refractivity contribution in [2.75, 3.05) is 39.2 Å². The van der Waals surface area contributed by atoms with Crippen LogP contribution in [0.2, 0.25) is 0 Å². The van der Waals surface area contributed by atoms with Gasteiger partial charge in [0.15, 0.2) is 0 Å². The van der Waals surface area contributed by atoms with Gasteiger partial charge < -0.3 is 18.9 Å². The molecule has 0 amide bonds. The van der Waals surface area contributed by atoms with Crippen LogP contribution in [0.4, 0.5) is 0 Å². The molecule has 1 N–H and O–H groups in total. The Balaban J connectivity index is 3.72. The van der Waals surface area contributed by atoms with E-state index >= 15 is 0 Å². The molecule has 0 aromatic rings. The molecule has 0 radical (unpaired) electrons. The maximum atomic E-state index is 12.0. The Bertz CT molecular complexity index is 217. The lowest BCUT2D eigenvalue weighted by atomic mass is 10.5. The summed E-state index contributed by atoms with van der Waals surface area (Å²) >= 11 is 5.65. The van der Waals surface area contributed by atoms with E-state index in [1.54, 1.807) is 13.8 Å². The van der Waals surface area contributed by atoms with Crippen molar-refractivity contribution < 1.29 is 23.5 Å². The lowest BCUT2D eigenvalue weighted by Crippen LogP contribution is -2.14. The average molecular weight is 289 g/mol. The van der Waals surface area contributed by atoms with Crippen molar-refractivity contribution in [2.24, 2.45) is 0 Å². The molecule has 0 saturated carbocycles. The molecule has 7 heteroatoms. The predicted octanol–water partition coefficient (Wildman–Crippen LogP) is 2.26. The van der Waals surface area contributed by atoms with Gasteiger partial charge in [-0.25, -0.2) is 0 Å². The van der Waals surface area contributed by atoms with E-state index < -0.39 is 7.60 Å². The molecule has 0 spiro atoms. The third-order valence-corrected chi connectivity index (χ3v) is 4.30. The first kappa shape index (κ1) is 17.4. The SMILES string of the molecule is CCOP(=O)(CCCOCC(Cl)CO)OCC. The fraction of sp³-hybridized carbons (Fsp3) is 1.00. The molecule has 5 nitrogen and oxygen atoms in total. The molecule has 0 aliphatic carbocycles. The number of hydrogen-bond donors (Lipinski definition) is 1. The van der Waals surface area contributed by atoms with Crippen LogP contribution in [0.3, 0.4) is 0 Å². The maximum Gasteiger partial charge on any atom is 0.330 e. The van der Waals surface area contributed by atoms with Gasteiger partial charge in [0.05, 0.1) is 38.0 Å². The van der Waals surface area contributed by atoms with E-state index in [-0.39, 0.29) is 18.6 Å². The second-order valence-electron chi connectivity index (χ2n) is 3.38. The standard InChI is InChI=1S/C10H22ClO5P/c1-3-15-17(13,16-4-2)7-5-6-14-9-10(11)8-12/h10,12H,3-9H2,1-2H3. The Morgan fingerprint density at radius 1 is 1.29 bits per heavy atom. The number of aliphatic hydroxyl groups excluding tert-OH is 1. The Kier molecular flexibility index (Phi) is 10.5. The van der Waals surface area contributed by atoms with Crippen molar-refractivity contribution in [3.05, 3.63) is 0 Å². The second kappa shape index (κ2) is 10.3. The van der Waals surface area contributed by atoms with Gasteiger partial charge in [-0.05, 0) is 20.3 Å². The van der Waals surface area contributed by atoms with E-state index in [0.717, 1.165) is 0 Å². The molecule has 1 atom stereocenters. The summed E-state index contributed by atoms with van der Waals surface area (Å²) in [6.07, 6.45) is 0.910. The minimum Gasteiger partial charge on any atom is -0.395 e. The first-order valence-corrected chi connectivity index (χ1v) is 7.95. The topological polar surface area (TPSA) is 65.0 Å². The van der Waals surface area contributed by atoms with Gasteiger partial charge in [0, 0.05) is 6.61 Å². The van der Waals surface area contributed by atoms with E-state index in [2.05, 4.69) is 0 Å². The largest absolute Gasteiger partial charge is 0.395 e. The van der Waals surface area contributed by atoms with Gasteiger partial charge in [-0.15, -0.1) is 11.6 Å². The normalized spacial score (nSPS) is 13.9. The summed E-state index contributed by atoms with van der Waals surface area (Å²) in [4.78, 5) is 0. The van der Waals surface area contributed by atoms with E-state index in [1.807, 2.05) is 0 Å². The van der Waals surface area contributed by atoms with Crippen molar-refractivity contribution in [1.82, 2.24) is 0 Å². The number of alkyl halides is 1. The summed E-state index contributed by atoms with van der Waals surface area (Å²) in [6, 6.07) is 0. The fourth-order valence-corrected chi connectivity index (χ4v) is 2.91. The highest BCUT2D eigenvalue weighted by Gasteiger charge is 2.22. The third kappa shape index (κ3) is 9.00. The third-order valence-electron chi connectivity index (χ3n) is 1.87. The number of hydrogen-bond acceptors (Lipinski definition) is 5. The summed E-state index contributed by atoms with van der Waals surface area (Å²) in [7, 11) is -2.95. The molecule has 0 rings (SSSR count). The summed E-state index contributed by atoms with van der Waals surface area (Å²) in [6.45, 7) is 4.89. The molecule has 0 aromatic heterocycles. The van der Waals surface area contributed by atoms with E-state index in [0.29, 0.717) is 32.4 Å². The van der Waals surface area contributed by atoms with E-state index in [1.165, 1.54) is 0 Å². The van der Waals surface area contributed by atoms with Gasteiger partial charge in [0.2, 0.25) is 0 Å². The van der Waals surface area contributed by atoms with E-state index in [9.17, 15) is 4.57 Å². The maximum absolute atomic E-state index is 12.0. The van der Waals surface area contributed by atoms with Crippen LogP contribution >= 0.6 is 19.2 Å². The lowest BCUT2D eigenvalue weighted by molar-refractivity contribution is 0.118. The monoisotopic (exact) mass is 288 g/mol. The van der Waals surface area contributed by atoms with Crippen molar-refractivity contribution in [3.63, 3.8) is 0 Å². The van der Waals surface area contributed by atoms with Crippen LogP contribution in [-0.2, 0) is 18.3 Å². The lowest BCUT2D eigenvalue weighted by Gasteiger charge is -2.16. The molecule has 0 aromatic carbocycles. The highest BCUT2D eigenvalue weighted by atomic mass is 35.5. The fourth-order valence-electron chi connectivity index (χ4n) is 1.18. The number of rotatable bonds is 11. The quantitative estimate of drug-likeness (QED) is 0.359. The van der Waals surface area contributed by atoms with E-state index in [4.69, 9.17) is 30.5 Å². The van der Waals surface area contributed by atoms with Crippen LogP contribution in [0.15, 0.2) is 0 Å². The molecule has 0 aliphatic heterocycles. The number of aliphatic hydroxyl groups is 1. The second-order valence-corrected chi connectivity index (χ2v) is 6.18. The summed E-state index contributed by atoms with van der Waals surface area (Å²) < 4.78 is 27.5. The molecule has 0 fully saturated rings. The zero-order chi connectivity index (χ0) is 13.1. The van der Waals surface area contributed by atoms with Crippen LogP contribution in [0.1, 0.15) is 20.3 Å². The highest BCUT2D eigenvalue weighted by Crippen LogP contribution is 2.48. The van der Waals surface area contributed by atoms with Gasteiger partial charge in [0.1, 0.15) is 0 Å². The Morgan fingerprint density at radius 3 is 2.35 bits per heavy atom. The van der Waals surface area contributed by atoms with Crippen LogP contribution < -0.4 is 0 Å². The number of ether oxygens (including phenoxy) is 1. The van der Waals surface area contributed by atoms with Gasteiger partial charge in [-0.1, -0.05) is 0 Å². The van der Waals surface area contributed by atoms with Crippen molar-refractivity contribution >= 4 is 19.2 Å². The summed E-state index contributed by atoms with van der Waals surface area (Å²) in [5.74, 6) is 0. The highest BCUT2D eigenvalue weighted by molar-refractivity contribution is 7.53. The zero-order valence-corrected chi connectivity index (χ0v) is 12.1. The molecular formula is C10H22ClO5P. The molecule has 104 valence electrons. The van der Waals surface area contributed by atoms with Crippen LogP contribution in [0, 0.1) is 0 Å². The minimum absolute atomic E-state index is 0.113. The van der Waals surface area contributed by atoms with Crippen molar-refractivity contribution in [1.29, 1.82) is 0 Å². The Hall–Kier alpha value is 0.360. The van der Waals surface area contributed by atoms with Crippen LogP contribution in [0.5, 0.6) is 0 Å². The smallest absolute Gasteiger partial charge is 0.330 e. The average Bonchev–Trinajstić information content (AvgIpc) is 2.29. The van der Waals surface area contributed by atoms with Gasteiger partial charge in [-0.2, -0.15) is 0 Å². The van der Waals surface area contributed by atoms with Crippen molar-refractivity contribution in [3.8, 4) is 0 Å². The summed E-state index contributed by atoms with van der Waals surface area (Å²) in [5, 5.41) is 8.28. The molecule has 0 aliphatic rings. The van der Waals surface area contributed by atoms with Gasteiger partial charge in [-0.3, -0.25) is 4.57 Å². The predicted molar refractivity (Wildman–Crippen MR) is 67.9 cm³/mol. The number of halogens is 1. The Labute approximate surface area is 108 Å². The molecule has 0 bridgehead atoms. The molecule has 1 unspecified atom stereocenters. The van der Waals surface area contributed by atoms with Gasteiger partial charge >= 0.3 is 7.60 Å². The molecule has 0 saturated heterocycles. The van der Waals surface area contributed by atoms with Crippen LogP contribution in [-0.4, -0.2) is 49.7 Å². The van der Waals surface area contributed by atoms with Gasteiger partial charge in [0.25, 0.3) is 0 Å². The zero-order valence-electron chi connectivity index (χ0n) is 10.4. The first-order valence-electron chi connectivity index (χ1n) is 5.78. The van der Waals surface area contributed by atoms with Crippen LogP contribution in [0.25, 0.3) is 0 Å². The van der Waals surface area contributed by atoms with Crippen molar-refractivity contribution in [2.45, 2.75) is 25.6 Å². The first-order chi connectivity index (χ1) is 8.08. The minimum atomic E-state index is -2.95. The molecule has 0 heterocycles. The summed E-state index contributed by atoms with van der Waals surface area (Å²) in [5.41, 5.74) is 0. The molecular weight excluding hydrogens is 267 g/mol. The molecule has 17 heavy (non-hydrogen) atoms. The Morgan fingerprint density at radius 2 is 1.88 bits per heavy atom.